The Kier molecular flexibility index (Phi) is 6.10. The Bertz CT molecular complexity index is 618. The molecule has 26 heavy (non-hydrogen) atoms. The van der Waals surface area contributed by atoms with Crippen molar-refractivity contribution in [3.63, 3.8) is 0 Å². The van der Waals surface area contributed by atoms with Gasteiger partial charge in [-0.3, -0.25) is 9.69 Å². The van der Waals surface area contributed by atoms with E-state index in [0.717, 1.165) is 55.5 Å². The molecule has 1 aromatic rings. The van der Waals surface area contributed by atoms with Crippen LogP contribution in [-0.4, -0.2) is 60.6 Å². The smallest absolute Gasteiger partial charge is 0.233 e. The molecule has 1 aromatic carbocycles. The lowest BCUT2D eigenvalue weighted by Crippen LogP contribution is -2.51. The van der Waals surface area contributed by atoms with Crippen molar-refractivity contribution in [2.75, 3.05) is 39.4 Å². The van der Waals surface area contributed by atoms with E-state index in [1.165, 1.54) is 0 Å². The van der Waals surface area contributed by atoms with E-state index in [1.807, 2.05) is 12.1 Å². The number of amides is 1. The maximum absolute atomic E-state index is 13.7. The first-order valence-corrected chi connectivity index (χ1v) is 10.5. The Morgan fingerprint density at radius 1 is 1.04 bits per heavy atom. The van der Waals surface area contributed by atoms with Gasteiger partial charge in [0.25, 0.3) is 0 Å². The van der Waals surface area contributed by atoms with Crippen LogP contribution in [0.4, 0.5) is 0 Å². The third-order valence-corrected chi connectivity index (χ3v) is 6.41. The van der Waals surface area contributed by atoms with E-state index in [1.54, 1.807) is 0 Å². The summed E-state index contributed by atoms with van der Waals surface area (Å²) in [5, 5.41) is 0. The predicted molar refractivity (Wildman–Crippen MR) is 108 cm³/mol. The Morgan fingerprint density at radius 3 is 2.31 bits per heavy atom. The number of carbonyl (C=O) groups excluding carboxylic acids is 1. The summed E-state index contributed by atoms with van der Waals surface area (Å²) in [6, 6.07) is 8.30. The normalized spacial score (nSPS) is 22.1. The van der Waals surface area contributed by atoms with E-state index in [-0.39, 0.29) is 5.54 Å². The molecular weight excluding hydrogens is 392 g/mol. The van der Waals surface area contributed by atoms with Gasteiger partial charge in [-0.05, 0) is 57.7 Å². The Morgan fingerprint density at radius 2 is 1.69 bits per heavy atom. The number of benzene rings is 1. The van der Waals surface area contributed by atoms with Crippen molar-refractivity contribution in [2.45, 2.75) is 51.0 Å². The first kappa shape index (κ1) is 19.8. The lowest BCUT2D eigenvalue weighted by Gasteiger charge is -2.40. The zero-order valence-corrected chi connectivity index (χ0v) is 17.8. The highest BCUT2D eigenvalue weighted by molar-refractivity contribution is 9.10. The third kappa shape index (κ3) is 4.15. The van der Waals surface area contributed by atoms with E-state index in [9.17, 15) is 4.79 Å². The SMILES string of the molecule is CC(C)(C)N1CCCN(C(=O)C2(c3ccc(Br)cc3)CCOCC2)CC1. The van der Waals surface area contributed by atoms with Gasteiger partial charge in [-0.2, -0.15) is 0 Å². The van der Waals surface area contributed by atoms with Crippen molar-refractivity contribution in [1.29, 1.82) is 0 Å². The molecule has 4 nitrogen and oxygen atoms in total. The molecule has 0 radical (unpaired) electrons. The molecule has 0 aliphatic carbocycles. The average Bonchev–Trinajstić information content (AvgIpc) is 2.88. The van der Waals surface area contributed by atoms with Crippen molar-refractivity contribution >= 4 is 21.8 Å². The van der Waals surface area contributed by atoms with Crippen LogP contribution in [0.3, 0.4) is 0 Å². The van der Waals surface area contributed by atoms with E-state index >= 15 is 0 Å². The molecule has 2 aliphatic heterocycles. The molecule has 0 saturated carbocycles. The number of nitrogens with zero attached hydrogens (tertiary/aromatic N) is 2. The molecule has 0 aromatic heterocycles. The highest BCUT2D eigenvalue weighted by Crippen LogP contribution is 2.37. The fourth-order valence-corrected chi connectivity index (χ4v) is 4.47. The van der Waals surface area contributed by atoms with Gasteiger partial charge in [0.1, 0.15) is 0 Å². The van der Waals surface area contributed by atoms with Crippen LogP contribution >= 0.6 is 15.9 Å². The van der Waals surface area contributed by atoms with E-state index in [0.29, 0.717) is 19.1 Å². The third-order valence-electron chi connectivity index (χ3n) is 5.88. The Balaban J connectivity index is 1.83. The maximum Gasteiger partial charge on any atom is 0.233 e. The average molecular weight is 423 g/mol. The van der Waals surface area contributed by atoms with Crippen LogP contribution in [0.1, 0.15) is 45.6 Å². The van der Waals surface area contributed by atoms with Crippen LogP contribution in [-0.2, 0) is 14.9 Å². The van der Waals surface area contributed by atoms with Gasteiger partial charge in [-0.1, -0.05) is 28.1 Å². The van der Waals surface area contributed by atoms with Crippen LogP contribution in [0.25, 0.3) is 0 Å². The molecule has 0 N–H and O–H groups in total. The van der Waals surface area contributed by atoms with Crippen LogP contribution in [0.15, 0.2) is 28.7 Å². The molecule has 5 heteroatoms. The molecule has 2 fully saturated rings. The van der Waals surface area contributed by atoms with Gasteiger partial charge < -0.3 is 9.64 Å². The number of ether oxygens (including phenoxy) is 1. The summed E-state index contributed by atoms with van der Waals surface area (Å²) in [5.41, 5.74) is 0.850. The van der Waals surface area contributed by atoms with Crippen LogP contribution in [0.5, 0.6) is 0 Å². The topological polar surface area (TPSA) is 32.8 Å². The summed E-state index contributed by atoms with van der Waals surface area (Å²) < 4.78 is 6.65. The molecule has 3 rings (SSSR count). The summed E-state index contributed by atoms with van der Waals surface area (Å²) in [6.45, 7) is 11.8. The number of hydrogen-bond acceptors (Lipinski definition) is 3. The second kappa shape index (κ2) is 7.99. The molecular formula is C21H31BrN2O2. The number of carbonyl (C=O) groups is 1. The first-order chi connectivity index (χ1) is 12.3. The predicted octanol–water partition coefficient (Wildman–Crippen LogP) is 3.83. The number of rotatable bonds is 2. The highest BCUT2D eigenvalue weighted by Gasteiger charge is 2.44. The molecule has 2 heterocycles. The van der Waals surface area contributed by atoms with Crippen LogP contribution in [0, 0.1) is 0 Å². The highest BCUT2D eigenvalue weighted by atomic mass is 79.9. The fourth-order valence-electron chi connectivity index (χ4n) is 4.21. The molecule has 0 bridgehead atoms. The van der Waals surface area contributed by atoms with Gasteiger partial charge in [-0.25, -0.2) is 0 Å². The van der Waals surface area contributed by atoms with Crippen molar-refractivity contribution in [2.24, 2.45) is 0 Å². The van der Waals surface area contributed by atoms with Gasteiger partial charge in [-0.15, -0.1) is 0 Å². The van der Waals surface area contributed by atoms with Gasteiger partial charge in [0.2, 0.25) is 5.91 Å². The van der Waals surface area contributed by atoms with Gasteiger partial charge >= 0.3 is 0 Å². The standard InChI is InChI=1S/C21H31BrN2O2/c1-20(2,3)24-12-4-11-23(13-14-24)19(25)21(9-15-26-16-10-21)17-5-7-18(22)8-6-17/h5-8H,4,9-16H2,1-3H3. The minimum atomic E-state index is -0.435. The van der Waals surface area contributed by atoms with Crippen LogP contribution < -0.4 is 0 Å². The van der Waals surface area contributed by atoms with Gasteiger partial charge in [0, 0.05) is 49.4 Å². The molecule has 0 atom stereocenters. The lowest BCUT2D eigenvalue weighted by atomic mass is 9.73. The largest absolute Gasteiger partial charge is 0.381 e. The number of hydrogen-bond donors (Lipinski definition) is 0. The minimum absolute atomic E-state index is 0.154. The molecule has 2 aliphatic rings. The second-order valence-corrected chi connectivity index (χ2v) is 9.42. The van der Waals surface area contributed by atoms with E-state index < -0.39 is 5.41 Å². The van der Waals surface area contributed by atoms with Crippen molar-refractivity contribution in [3.05, 3.63) is 34.3 Å². The summed E-state index contributed by atoms with van der Waals surface area (Å²) in [6.07, 6.45) is 2.58. The van der Waals surface area contributed by atoms with E-state index in [2.05, 4.69) is 58.6 Å². The fraction of sp³-hybridized carbons (Fsp3) is 0.667. The van der Waals surface area contributed by atoms with Gasteiger partial charge in [0.15, 0.2) is 0 Å². The Labute approximate surface area is 166 Å². The maximum atomic E-state index is 13.7. The van der Waals surface area contributed by atoms with Gasteiger partial charge in [0.05, 0.1) is 5.41 Å². The second-order valence-electron chi connectivity index (χ2n) is 8.50. The number of halogens is 1. The molecule has 2 saturated heterocycles. The zero-order chi connectivity index (χ0) is 18.8. The van der Waals surface area contributed by atoms with E-state index in [4.69, 9.17) is 4.74 Å². The Hall–Kier alpha value is -0.910. The lowest BCUT2D eigenvalue weighted by molar-refractivity contribution is -0.141. The summed E-state index contributed by atoms with van der Waals surface area (Å²) in [5.74, 6) is 0.291. The summed E-state index contributed by atoms with van der Waals surface area (Å²) >= 11 is 3.51. The first-order valence-electron chi connectivity index (χ1n) is 9.71. The monoisotopic (exact) mass is 422 g/mol. The molecule has 0 spiro atoms. The molecule has 0 unspecified atom stereocenters. The quantitative estimate of drug-likeness (QED) is 0.725. The summed E-state index contributed by atoms with van der Waals surface area (Å²) in [4.78, 5) is 18.3. The zero-order valence-electron chi connectivity index (χ0n) is 16.3. The van der Waals surface area contributed by atoms with Crippen molar-refractivity contribution in [1.82, 2.24) is 9.80 Å². The van der Waals surface area contributed by atoms with Crippen LogP contribution in [0.2, 0.25) is 0 Å². The summed E-state index contributed by atoms with van der Waals surface area (Å²) in [7, 11) is 0. The van der Waals surface area contributed by atoms with Crippen molar-refractivity contribution in [3.8, 4) is 0 Å². The van der Waals surface area contributed by atoms with Crippen molar-refractivity contribution < 1.29 is 9.53 Å². The molecule has 1 amide bonds. The minimum Gasteiger partial charge on any atom is -0.381 e. The molecule has 144 valence electrons.